The largest absolute Gasteiger partial charge is 0.504 e. The van der Waals surface area contributed by atoms with E-state index >= 15 is 0 Å². The first-order chi connectivity index (χ1) is 9.49. The summed E-state index contributed by atoms with van der Waals surface area (Å²) in [5.74, 6) is -1.55. The summed E-state index contributed by atoms with van der Waals surface area (Å²) >= 11 is 0. The molecule has 0 aromatic heterocycles. The van der Waals surface area contributed by atoms with E-state index in [1.807, 2.05) is 6.92 Å². The summed E-state index contributed by atoms with van der Waals surface area (Å²) in [6.45, 7) is 5.34. The van der Waals surface area contributed by atoms with E-state index in [9.17, 15) is 20.1 Å². The van der Waals surface area contributed by atoms with Gasteiger partial charge in [-0.25, -0.2) is 4.79 Å². The molecule has 112 valence electrons. The van der Waals surface area contributed by atoms with Gasteiger partial charge in [-0.15, -0.1) is 0 Å². The van der Waals surface area contributed by atoms with Crippen LogP contribution < -0.4 is 5.32 Å². The lowest BCUT2D eigenvalue weighted by molar-refractivity contribution is 0.211. The van der Waals surface area contributed by atoms with E-state index < -0.39 is 17.2 Å². The normalized spacial score (nSPS) is 10.3. The molecule has 0 fully saturated rings. The van der Waals surface area contributed by atoms with Gasteiger partial charge >= 0.3 is 6.03 Å². The van der Waals surface area contributed by atoms with Crippen molar-refractivity contribution in [1.29, 1.82) is 0 Å². The van der Waals surface area contributed by atoms with Gasteiger partial charge in [0.05, 0.1) is 5.69 Å². The van der Waals surface area contributed by atoms with Crippen molar-refractivity contribution in [1.82, 2.24) is 4.90 Å². The number of hydrogen-bond donors (Lipinski definition) is 4. The number of anilines is 1. The second kappa shape index (κ2) is 7.47. The second-order valence-corrected chi connectivity index (χ2v) is 4.63. The molecule has 20 heavy (non-hydrogen) atoms. The highest BCUT2D eigenvalue weighted by Crippen LogP contribution is 2.37. The Morgan fingerprint density at radius 2 is 1.70 bits per heavy atom. The molecule has 1 aromatic rings. The molecule has 4 N–H and O–H groups in total. The number of urea groups is 1. The minimum atomic E-state index is -0.598. The number of carbonyl (C=O) groups is 1. The summed E-state index contributed by atoms with van der Waals surface area (Å²) < 4.78 is 0. The zero-order valence-electron chi connectivity index (χ0n) is 11.9. The summed E-state index contributed by atoms with van der Waals surface area (Å²) in [5.41, 5.74) is 0.236. The zero-order chi connectivity index (χ0) is 15.1. The molecule has 0 atom stereocenters. The SMILES string of the molecule is CCCCN(CCC)C(=O)Nc1cc(O)c(O)c(O)c1. The number of nitrogens with one attached hydrogen (secondary N) is 1. The molecule has 0 spiro atoms. The van der Waals surface area contributed by atoms with Gasteiger partial charge in [0.15, 0.2) is 17.2 Å². The number of phenolic OH excluding ortho intramolecular Hbond substituents is 3. The Kier molecular flexibility index (Phi) is 5.96. The number of phenols is 3. The summed E-state index contributed by atoms with van der Waals surface area (Å²) in [7, 11) is 0. The van der Waals surface area contributed by atoms with Crippen LogP contribution in [-0.4, -0.2) is 39.3 Å². The van der Waals surface area contributed by atoms with Gasteiger partial charge in [0.25, 0.3) is 0 Å². The molecule has 1 aromatic carbocycles. The Bertz CT molecular complexity index is 439. The van der Waals surface area contributed by atoms with Crippen LogP contribution in [0.1, 0.15) is 33.1 Å². The monoisotopic (exact) mass is 282 g/mol. The Hall–Kier alpha value is -2.11. The molecule has 2 amide bonds. The van der Waals surface area contributed by atoms with Crippen LogP contribution in [0.5, 0.6) is 17.2 Å². The minimum Gasteiger partial charge on any atom is -0.504 e. The van der Waals surface area contributed by atoms with Gasteiger partial charge in [-0.3, -0.25) is 0 Å². The predicted octanol–water partition coefficient (Wildman–Crippen LogP) is 2.85. The molecule has 0 aliphatic heterocycles. The van der Waals surface area contributed by atoms with Crippen molar-refractivity contribution in [2.45, 2.75) is 33.1 Å². The third-order valence-electron chi connectivity index (χ3n) is 2.88. The first kappa shape index (κ1) is 15.9. The van der Waals surface area contributed by atoms with Gasteiger partial charge in [0.1, 0.15) is 0 Å². The van der Waals surface area contributed by atoms with Gasteiger partial charge in [0, 0.05) is 25.2 Å². The van der Waals surface area contributed by atoms with Gasteiger partial charge in [-0.1, -0.05) is 20.3 Å². The molecule has 0 heterocycles. The molecule has 0 unspecified atom stereocenters. The standard InChI is InChI=1S/C14H22N2O4/c1-3-5-7-16(6-4-2)14(20)15-10-8-11(17)13(19)12(18)9-10/h8-9,17-19H,3-7H2,1-2H3,(H,15,20). The van der Waals surface area contributed by atoms with Crippen LogP contribution >= 0.6 is 0 Å². The van der Waals surface area contributed by atoms with Crippen molar-refractivity contribution >= 4 is 11.7 Å². The molecule has 0 radical (unpaired) electrons. The third kappa shape index (κ3) is 4.22. The van der Waals surface area contributed by atoms with Crippen LogP contribution in [0.2, 0.25) is 0 Å². The average molecular weight is 282 g/mol. The van der Waals surface area contributed by atoms with E-state index in [4.69, 9.17) is 0 Å². The fraction of sp³-hybridized carbons (Fsp3) is 0.500. The minimum absolute atomic E-state index is 0.236. The highest BCUT2D eigenvalue weighted by Gasteiger charge is 2.14. The molecular weight excluding hydrogens is 260 g/mol. The van der Waals surface area contributed by atoms with Gasteiger partial charge in [0.2, 0.25) is 0 Å². The Labute approximate surface area is 118 Å². The van der Waals surface area contributed by atoms with Crippen molar-refractivity contribution < 1.29 is 20.1 Å². The van der Waals surface area contributed by atoms with E-state index in [0.717, 1.165) is 19.3 Å². The fourth-order valence-electron chi connectivity index (χ4n) is 1.81. The number of unbranched alkanes of at least 4 members (excludes halogenated alkanes) is 1. The van der Waals surface area contributed by atoms with Crippen molar-refractivity contribution in [3.05, 3.63) is 12.1 Å². The van der Waals surface area contributed by atoms with Gasteiger partial charge in [-0.05, 0) is 12.8 Å². The van der Waals surface area contributed by atoms with Crippen LogP contribution in [0.15, 0.2) is 12.1 Å². The Morgan fingerprint density at radius 1 is 1.10 bits per heavy atom. The maximum absolute atomic E-state index is 12.1. The second-order valence-electron chi connectivity index (χ2n) is 4.63. The zero-order valence-corrected chi connectivity index (χ0v) is 11.9. The topological polar surface area (TPSA) is 93.0 Å². The van der Waals surface area contributed by atoms with Crippen LogP contribution in [0.3, 0.4) is 0 Å². The van der Waals surface area contributed by atoms with Crippen LogP contribution in [0.4, 0.5) is 10.5 Å². The van der Waals surface area contributed by atoms with E-state index in [2.05, 4.69) is 12.2 Å². The van der Waals surface area contributed by atoms with E-state index in [-0.39, 0.29) is 11.7 Å². The van der Waals surface area contributed by atoms with Crippen molar-refractivity contribution in [3.63, 3.8) is 0 Å². The molecule has 0 saturated heterocycles. The lowest BCUT2D eigenvalue weighted by Gasteiger charge is -2.22. The third-order valence-corrected chi connectivity index (χ3v) is 2.88. The summed E-state index contributed by atoms with van der Waals surface area (Å²) in [6, 6.07) is 2.10. The smallest absolute Gasteiger partial charge is 0.321 e. The maximum Gasteiger partial charge on any atom is 0.321 e. The summed E-state index contributed by atoms with van der Waals surface area (Å²) in [4.78, 5) is 13.8. The number of carbonyl (C=O) groups excluding carboxylic acids is 1. The number of rotatable bonds is 6. The highest BCUT2D eigenvalue weighted by molar-refractivity contribution is 5.90. The first-order valence-corrected chi connectivity index (χ1v) is 6.80. The molecule has 6 nitrogen and oxygen atoms in total. The number of amides is 2. The molecule has 0 aliphatic rings. The van der Waals surface area contributed by atoms with Gasteiger partial charge in [-0.2, -0.15) is 0 Å². The molecule has 0 bridgehead atoms. The average Bonchev–Trinajstić information content (AvgIpc) is 2.40. The molecule has 0 aliphatic carbocycles. The first-order valence-electron chi connectivity index (χ1n) is 6.80. The lowest BCUT2D eigenvalue weighted by Crippen LogP contribution is -2.36. The Morgan fingerprint density at radius 3 is 2.20 bits per heavy atom. The summed E-state index contributed by atoms with van der Waals surface area (Å²) in [5, 5.41) is 30.7. The van der Waals surface area contributed by atoms with Gasteiger partial charge < -0.3 is 25.5 Å². The maximum atomic E-state index is 12.1. The van der Waals surface area contributed by atoms with Crippen LogP contribution in [0.25, 0.3) is 0 Å². The van der Waals surface area contributed by atoms with E-state index in [0.29, 0.717) is 13.1 Å². The number of aromatic hydroxyl groups is 3. The number of nitrogens with zero attached hydrogens (tertiary/aromatic N) is 1. The highest BCUT2D eigenvalue weighted by atomic mass is 16.3. The van der Waals surface area contributed by atoms with Crippen LogP contribution in [-0.2, 0) is 0 Å². The molecular formula is C14H22N2O4. The molecule has 1 rings (SSSR count). The van der Waals surface area contributed by atoms with Crippen molar-refractivity contribution in [2.75, 3.05) is 18.4 Å². The quantitative estimate of drug-likeness (QED) is 0.477. The van der Waals surface area contributed by atoms with Crippen LogP contribution in [0, 0.1) is 0 Å². The van der Waals surface area contributed by atoms with Crippen molar-refractivity contribution in [2.24, 2.45) is 0 Å². The molecule has 6 heteroatoms. The fourth-order valence-corrected chi connectivity index (χ4v) is 1.81. The number of hydrogen-bond acceptors (Lipinski definition) is 4. The molecule has 0 saturated carbocycles. The van der Waals surface area contributed by atoms with Crippen molar-refractivity contribution in [3.8, 4) is 17.2 Å². The number of benzene rings is 1. The Balaban J connectivity index is 2.76. The lowest BCUT2D eigenvalue weighted by atomic mass is 10.2. The van der Waals surface area contributed by atoms with E-state index in [1.165, 1.54) is 12.1 Å². The predicted molar refractivity (Wildman–Crippen MR) is 77.2 cm³/mol. The summed E-state index contributed by atoms with van der Waals surface area (Å²) in [6.07, 6.45) is 2.76. The van der Waals surface area contributed by atoms with E-state index in [1.54, 1.807) is 4.90 Å².